The predicted octanol–water partition coefficient (Wildman–Crippen LogP) is 5.59. The third-order valence-corrected chi connectivity index (χ3v) is 10.3. The molecule has 28 heavy (non-hydrogen) atoms. The molecule has 7 atom stereocenters. The summed E-state index contributed by atoms with van der Waals surface area (Å²) in [7, 11) is 0. The lowest BCUT2D eigenvalue weighted by Crippen LogP contribution is -2.54. The number of carboxylic acids is 1. The first-order valence-corrected chi connectivity index (χ1v) is 11.2. The van der Waals surface area contributed by atoms with E-state index in [1.165, 1.54) is 11.1 Å². The summed E-state index contributed by atoms with van der Waals surface area (Å²) in [6.45, 7) is 13.6. The Balaban J connectivity index is 1.79. The average Bonchev–Trinajstić information content (AvgIpc) is 2.90. The summed E-state index contributed by atoms with van der Waals surface area (Å²) in [5.74, 6) is -0.262. The van der Waals surface area contributed by atoms with Crippen LogP contribution in [0.25, 0.3) is 0 Å². The second-order valence-corrected chi connectivity index (χ2v) is 11.5. The quantitative estimate of drug-likeness (QED) is 0.650. The van der Waals surface area contributed by atoms with Crippen LogP contribution in [-0.4, -0.2) is 22.3 Å². The van der Waals surface area contributed by atoms with Crippen LogP contribution in [0.2, 0.25) is 0 Å². The molecule has 0 aromatic heterocycles. The number of hydrogen-bond donors (Lipinski definition) is 2. The molecule has 156 valence electrons. The fraction of sp³-hybridized carbons (Fsp3) is 0.800. The Morgan fingerprint density at radius 3 is 2.39 bits per heavy atom. The van der Waals surface area contributed by atoms with Gasteiger partial charge in [0.15, 0.2) is 0 Å². The molecule has 3 nitrogen and oxygen atoms in total. The van der Waals surface area contributed by atoms with Crippen molar-refractivity contribution < 1.29 is 15.0 Å². The summed E-state index contributed by atoms with van der Waals surface area (Å²) in [5, 5.41) is 20.4. The first-order valence-electron chi connectivity index (χ1n) is 11.2. The predicted molar refractivity (Wildman–Crippen MR) is 112 cm³/mol. The number of aliphatic carboxylic acids is 1. The summed E-state index contributed by atoms with van der Waals surface area (Å²) >= 11 is 0. The van der Waals surface area contributed by atoms with Gasteiger partial charge in [0.05, 0.1) is 12.0 Å². The number of fused-ring (bicyclic) bond motifs is 5. The zero-order valence-electron chi connectivity index (χ0n) is 18.5. The van der Waals surface area contributed by atoms with Gasteiger partial charge in [-0.1, -0.05) is 53.7 Å². The van der Waals surface area contributed by atoms with Gasteiger partial charge in [-0.15, -0.1) is 0 Å². The molecule has 2 N–H and O–H groups in total. The van der Waals surface area contributed by atoms with Crippen molar-refractivity contribution in [3.63, 3.8) is 0 Å². The molecule has 0 spiro atoms. The number of carboxylic acid groups (broad SMARTS) is 1. The molecular formula is C25H38O3. The maximum absolute atomic E-state index is 11.8. The Kier molecular flexibility index (Phi) is 4.30. The second-order valence-electron chi connectivity index (χ2n) is 11.5. The molecule has 0 saturated heterocycles. The van der Waals surface area contributed by atoms with Gasteiger partial charge < -0.3 is 10.2 Å². The van der Waals surface area contributed by atoms with Gasteiger partial charge in [0, 0.05) is 0 Å². The van der Waals surface area contributed by atoms with E-state index in [2.05, 4.69) is 46.8 Å². The highest BCUT2D eigenvalue weighted by atomic mass is 16.4. The van der Waals surface area contributed by atoms with Crippen LogP contribution >= 0.6 is 0 Å². The van der Waals surface area contributed by atoms with Gasteiger partial charge in [-0.2, -0.15) is 0 Å². The topological polar surface area (TPSA) is 57.5 Å². The molecule has 4 aliphatic carbocycles. The highest BCUT2D eigenvalue weighted by Gasteiger charge is 2.63. The highest BCUT2D eigenvalue weighted by Crippen LogP contribution is 2.71. The zero-order valence-corrected chi connectivity index (χ0v) is 18.5. The fourth-order valence-corrected chi connectivity index (χ4v) is 8.01. The summed E-state index contributed by atoms with van der Waals surface area (Å²) in [6, 6.07) is 0. The van der Waals surface area contributed by atoms with Gasteiger partial charge in [0.1, 0.15) is 0 Å². The van der Waals surface area contributed by atoms with Crippen molar-refractivity contribution in [2.75, 3.05) is 0 Å². The van der Waals surface area contributed by atoms with Crippen molar-refractivity contribution in [3.8, 4) is 0 Å². The lowest BCUT2D eigenvalue weighted by molar-refractivity contribution is -0.145. The molecule has 2 saturated carbocycles. The molecule has 0 aromatic carbocycles. The van der Waals surface area contributed by atoms with E-state index in [-0.39, 0.29) is 39.6 Å². The van der Waals surface area contributed by atoms with Crippen LogP contribution in [-0.2, 0) is 4.79 Å². The molecule has 0 radical (unpaired) electrons. The van der Waals surface area contributed by atoms with Crippen LogP contribution < -0.4 is 0 Å². The Labute approximate surface area is 170 Å². The van der Waals surface area contributed by atoms with Crippen molar-refractivity contribution in [2.24, 2.45) is 39.4 Å². The third kappa shape index (κ3) is 2.29. The average molecular weight is 387 g/mol. The van der Waals surface area contributed by atoms with Crippen LogP contribution in [0, 0.1) is 39.4 Å². The third-order valence-electron chi connectivity index (χ3n) is 10.3. The van der Waals surface area contributed by atoms with E-state index in [1.807, 2.05) is 6.92 Å². The van der Waals surface area contributed by atoms with Gasteiger partial charge in [0.2, 0.25) is 0 Å². The number of allylic oxidation sites excluding steroid dienone is 4. The minimum absolute atomic E-state index is 0.00698. The van der Waals surface area contributed by atoms with Gasteiger partial charge in [0.25, 0.3) is 0 Å². The molecule has 7 unspecified atom stereocenters. The van der Waals surface area contributed by atoms with Crippen molar-refractivity contribution in [3.05, 3.63) is 23.3 Å². The summed E-state index contributed by atoms with van der Waals surface area (Å²) in [5.41, 5.74) is 3.13. The summed E-state index contributed by atoms with van der Waals surface area (Å²) in [4.78, 5) is 11.8. The van der Waals surface area contributed by atoms with Gasteiger partial charge in [-0.05, 0) is 83.2 Å². The van der Waals surface area contributed by atoms with E-state index in [9.17, 15) is 15.0 Å². The van der Waals surface area contributed by atoms with E-state index in [0.29, 0.717) is 5.92 Å². The molecule has 3 heteroatoms. The number of aliphatic hydroxyl groups excluding tert-OH is 1. The van der Waals surface area contributed by atoms with Crippen molar-refractivity contribution in [1.29, 1.82) is 0 Å². The van der Waals surface area contributed by atoms with E-state index < -0.39 is 5.97 Å². The smallest absolute Gasteiger partial charge is 0.306 e. The van der Waals surface area contributed by atoms with Crippen molar-refractivity contribution >= 4 is 5.97 Å². The van der Waals surface area contributed by atoms with E-state index in [1.54, 1.807) is 0 Å². The number of rotatable bonds is 2. The van der Waals surface area contributed by atoms with Crippen LogP contribution in [0.3, 0.4) is 0 Å². The maximum atomic E-state index is 11.8. The Bertz CT molecular complexity index is 762. The summed E-state index contributed by atoms with van der Waals surface area (Å²) < 4.78 is 0. The molecule has 4 aliphatic rings. The van der Waals surface area contributed by atoms with Crippen LogP contribution in [0.1, 0.15) is 80.1 Å². The molecule has 0 heterocycles. The highest BCUT2D eigenvalue weighted by molar-refractivity contribution is 5.70. The standard InChI is InChI=1S/C25H38O3/c1-15(21(27)28)16-9-13-25(6)18-7-8-19-22(2,3)20(26)11-12-23(19,4)17(18)10-14-24(16,25)5/h7,10,15-16,19-20,26H,8-9,11-14H2,1-6H3,(H,27,28). The minimum atomic E-state index is -0.655. The molecule has 0 aromatic rings. The first kappa shape index (κ1) is 20.2. The SMILES string of the molecule is CC(C(=O)O)C1CCC2(C)C3=CCC4C(C)(CCC(O)C4(C)C)C3=CCC12C. The number of aliphatic hydroxyl groups is 1. The Morgan fingerprint density at radius 1 is 1.07 bits per heavy atom. The largest absolute Gasteiger partial charge is 0.481 e. The normalized spacial score (nSPS) is 47.9. The maximum Gasteiger partial charge on any atom is 0.306 e. The molecule has 4 rings (SSSR count). The monoisotopic (exact) mass is 386 g/mol. The molecule has 0 amide bonds. The molecule has 0 bridgehead atoms. The fourth-order valence-electron chi connectivity index (χ4n) is 8.01. The van der Waals surface area contributed by atoms with Gasteiger partial charge in [-0.3, -0.25) is 4.79 Å². The van der Waals surface area contributed by atoms with E-state index in [4.69, 9.17) is 0 Å². The van der Waals surface area contributed by atoms with Crippen molar-refractivity contribution in [1.82, 2.24) is 0 Å². The number of hydrogen-bond acceptors (Lipinski definition) is 2. The first-order chi connectivity index (χ1) is 12.9. The van der Waals surface area contributed by atoms with Gasteiger partial charge >= 0.3 is 5.97 Å². The van der Waals surface area contributed by atoms with Gasteiger partial charge in [-0.25, -0.2) is 0 Å². The Hall–Kier alpha value is -1.09. The lowest BCUT2D eigenvalue weighted by Gasteiger charge is -2.61. The zero-order chi connectivity index (χ0) is 20.7. The molecule has 0 aliphatic heterocycles. The van der Waals surface area contributed by atoms with Crippen LogP contribution in [0.4, 0.5) is 0 Å². The lowest BCUT2D eigenvalue weighted by atomic mass is 9.44. The minimum Gasteiger partial charge on any atom is -0.481 e. The number of carbonyl (C=O) groups is 1. The van der Waals surface area contributed by atoms with Crippen molar-refractivity contribution in [2.45, 2.75) is 86.2 Å². The summed E-state index contributed by atoms with van der Waals surface area (Å²) in [6.07, 6.45) is 10.7. The Morgan fingerprint density at radius 2 is 1.75 bits per heavy atom. The molecule has 2 fully saturated rings. The van der Waals surface area contributed by atoms with Crippen LogP contribution in [0.5, 0.6) is 0 Å². The molecular weight excluding hydrogens is 348 g/mol. The van der Waals surface area contributed by atoms with E-state index >= 15 is 0 Å². The van der Waals surface area contributed by atoms with E-state index in [0.717, 1.165) is 38.5 Å². The van der Waals surface area contributed by atoms with Crippen LogP contribution in [0.15, 0.2) is 23.3 Å². The second kappa shape index (κ2) is 5.97.